The molecule has 0 fully saturated rings. The molecule has 1 heterocycles. The second kappa shape index (κ2) is 4.53. The van der Waals surface area contributed by atoms with Gasteiger partial charge in [0.2, 0.25) is 0 Å². The van der Waals surface area contributed by atoms with Crippen LogP contribution in [0.15, 0.2) is 30.5 Å². The Labute approximate surface area is 113 Å². The molecule has 0 amide bonds. The van der Waals surface area contributed by atoms with Crippen LogP contribution in [-0.4, -0.2) is 15.4 Å². The Balaban J connectivity index is 2.40. The maximum absolute atomic E-state index is 7.39. The van der Waals surface area contributed by atoms with Gasteiger partial charge in [-0.3, -0.25) is 5.41 Å². The Morgan fingerprint density at radius 2 is 1.79 bits per heavy atom. The Bertz CT molecular complexity index is 600. The van der Waals surface area contributed by atoms with Crippen LogP contribution in [0.2, 0.25) is 0 Å². The van der Waals surface area contributed by atoms with Gasteiger partial charge in [-0.15, -0.1) is 0 Å². The lowest BCUT2D eigenvalue weighted by molar-refractivity contribution is 0.523. The average Bonchev–Trinajstić information content (AvgIpc) is 2.71. The molecule has 0 spiro atoms. The monoisotopic (exact) mass is 256 g/mol. The van der Waals surface area contributed by atoms with Gasteiger partial charge in [-0.05, 0) is 0 Å². The number of aryl methyl sites for hydroxylation is 1. The van der Waals surface area contributed by atoms with Crippen molar-refractivity contribution >= 4 is 5.84 Å². The van der Waals surface area contributed by atoms with E-state index in [0.29, 0.717) is 0 Å². The fourth-order valence-corrected chi connectivity index (χ4v) is 2.12. The molecule has 0 atom stereocenters. The van der Waals surface area contributed by atoms with E-state index in [4.69, 9.17) is 16.1 Å². The second-order valence-corrected chi connectivity index (χ2v) is 5.80. The van der Waals surface area contributed by atoms with Gasteiger partial charge in [0.25, 0.3) is 0 Å². The molecule has 0 aliphatic rings. The van der Waals surface area contributed by atoms with Gasteiger partial charge in [0.1, 0.15) is 11.7 Å². The molecular weight excluding hydrogens is 236 g/mol. The first kappa shape index (κ1) is 13.3. The smallest absolute Gasteiger partial charge is 0.122 e. The summed E-state index contributed by atoms with van der Waals surface area (Å²) in [4.78, 5) is 4.70. The summed E-state index contributed by atoms with van der Waals surface area (Å²) in [6.07, 6.45) is 2.03. The summed E-state index contributed by atoms with van der Waals surface area (Å²) in [7, 11) is 2.01. The van der Waals surface area contributed by atoms with Crippen LogP contribution in [0.25, 0.3) is 11.3 Å². The molecule has 0 unspecified atom stereocenters. The number of amidine groups is 1. The lowest BCUT2D eigenvalue weighted by Crippen LogP contribution is -2.17. The van der Waals surface area contributed by atoms with E-state index in [9.17, 15) is 0 Å². The number of imidazole rings is 1. The van der Waals surface area contributed by atoms with Crippen LogP contribution in [0, 0.1) is 5.41 Å². The minimum Gasteiger partial charge on any atom is -0.384 e. The van der Waals surface area contributed by atoms with Gasteiger partial charge in [-0.2, -0.15) is 0 Å². The molecule has 0 aliphatic heterocycles. The Morgan fingerprint density at radius 1 is 1.21 bits per heavy atom. The van der Waals surface area contributed by atoms with E-state index in [1.54, 1.807) is 0 Å². The van der Waals surface area contributed by atoms with Gasteiger partial charge >= 0.3 is 0 Å². The molecule has 0 saturated heterocycles. The number of benzene rings is 1. The Morgan fingerprint density at radius 3 is 2.21 bits per heavy atom. The number of hydrogen-bond acceptors (Lipinski definition) is 2. The largest absolute Gasteiger partial charge is 0.384 e. The van der Waals surface area contributed by atoms with Gasteiger partial charge in [-0.1, -0.05) is 45.0 Å². The van der Waals surface area contributed by atoms with Gasteiger partial charge < -0.3 is 10.3 Å². The first-order valence-electron chi connectivity index (χ1n) is 6.27. The zero-order valence-corrected chi connectivity index (χ0v) is 11.9. The summed E-state index contributed by atoms with van der Waals surface area (Å²) in [6, 6.07) is 7.60. The summed E-state index contributed by atoms with van der Waals surface area (Å²) >= 11 is 0. The molecule has 1 aromatic heterocycles. The van der Waals surface area contributed by atoms with Gasteiger partial charge in [-0.25, -0.2) is 4.98 Å². The molecule has 2 rings (SSSR count). The molecule has 4 heteroatoms. The van der Waals surface area contributed by atoms with Crippen molar-refractivity contribution in [3.05, 3.63) is 41.9 Å². The van der Waals surface area contributed by atoms with E-state index in [0.717, 1.165) is 22.6 Å². The highest BCUT2D eigenvalue weighted by molar-refractivity contribution is 5.95. The lowest BCUT2D eigenvalue weighted by atomic mass is 9.96. The van der Waals surface area contributed by atoms with E-state index in [2.05, 4.69) is 25.3 Å². The molecule has 2 aromatic rings. The SMILES string of the molecule is Cn1cc(-c2ccc(C(=N)N)cc2)nc1C(C)(C)C. The molecule has 100 valence electrons. The maximum Gasteiger partial charge on any atom is 0.122 e. The van der Waals surface area contributed by atoms with Crippen LogP contribution in [-0.2, 0) is 12.5 Å². The highest BCUT2D eigenvalue weighted by Gasteiger charge is 2.20. The van der Waals surface area contributed by atoms with Crippen molar-refractivity contribution in [3.8, 4) is 11.3 Å². The van der Waals surface area contributed by atoms with Crippen molar-refractivity contribution in [1.29, 1.82) is 5.41 Å². The third kappa shape index (κ3) is 2.67. The Kier molecular flexibility index (Phi) is 3.18. The molecule has 19 heavy (non-hydrogen) atoms. The van der Waals surface area contributed by atoms with Crippen LogP contribution in [0.5, 0.6) is 0 Å². The number of nitrogens with one attached hydrogen (secondary N) is 1. The summed E-state index contributed by atoms with van der Waals surface area (Å²) < 4.78 is 2.06. The molecule has 1 aromatic carbocycles. The molecule has 0 radical (unpaired) electrons. The van der Waals surface area contributed by atoms with E-state index in [1.165, 1.54) is 0 Å². The van der Waals surface area contributed by atoms with Crippen molar-refractivity contribution in [1.82, 2.24) is 9.55 Å². The van der Waals surface area contributed by atoms with Gasteiger partial charge in [0, 0.05) is 29.8 Å². The molecule has 0 bridgehead atoms. The first-order chi connectivity index (χ1) is 8.79. The second-order valence-electron chi connectivity index (χ2n) is 5.80. The fourth-order valence-electron chi connectivity index (χ4n) is 2.12. The number of hydrogen-bond donors (Lipinski definition) is 2. The standard InChI is InChI=1S/C15H20N4/c1-15(2,3)14-18-12(9-19(14)4)10-5-7-11(8-6-10)13(16)17/h5-9H,1-4H3,(H3,16,17). The van der Waals surface area contributed by atoms with Crippen molar-refractivity contribution in [2.45, 2.75) is 26.2 Å². The number of rotatable bonds is 2. The van der Waals surface area contributed by atoms with Crippen LogP contribution in [0.3, 0.4) is 0 Å². The highest BCUT2D eigenvalue weighted by Crippen LogP contribution is 2.25. The van der Waals surface area contributed by atoms with Crippen molar-refractivity contribution in [3.63, 3.8) is 0 Å². The molecule has 4 nitrogen and oxygen atoms in total. The zero-order chi connectivity index (χ0) is 14.2. The molecule has 0 saturated carbocycles. The predicted octanol–water partition coefficient (Wildman–Crippen LogP) is 2.67. The number of nitrogens with zero attached hydrogens (tertiary/aromatic N) is 2. The average molecular weight is 256 g/mol. The normalized spacial score (nSPS) is 11.6. The Hall–Kier alpha value is -2.10. The third-order valence-electron chi connectivity index (χ3n) is 3.04. The first-order valence-corrected chi connectivity index (χ1v) is 6.27. The van der Waals surface area contributed by atoms with E-state index in [1.807, 2.05) is 37.5 Å². The quantitative estimate of drug-likeness (QED) is 0.640. The summed E-state index contributed by atoms with van der Waals surface area (Å²) in [5, 5.41) is 7.39. The summed E-state index contributed by atoms with van der Waals surface area (Å²) in [5.41, 5.74) is 8.19. The lowest BCUT2D eigenvalue weighted by Gasteiger charge is -2.17. The minimum absolute atomic E-state index is 0.0202. The topological polar surface area (TPSA) is 67.7 Å². The van der Waals surface area contributed by atoms with Crippen LogP contribution in [0.4, 0.5) is 0 Å². The van der Waals surface area contributed by atoms with Crippen LogP contribution in [0.1, 0.15) is 32.2 Å². The minimum atomic E-state index is 0.0202. The summed E-state index contributed by atoms with van der Waals surface area (Å²) in [5.74, 6) is 1.14. The highest BCUT2D eigenvalue weighted by atomic mass is 15.1. The van der Waals surface area contributed by atoms with Crippen molar-refractivity contribution in [2.24, 2.45) is 12.8 Å². The fraction of sp³-hybridized carbons (Fsp3) is 0.333. The van der Waals surface area contributed by atoms with Crippen LogP contribution >= 0.6 is 0 Å². The molecular formula is C15H20N4. The van der Waals surface area contributed by atoms with E-state index < -0.39 is 0 Å². The van der Waals surface area contributed by atoms with Crippen molar-refractivity contribution < 1.29 is 0 Å². The predicted molar refractivity (Wildman–Crippen MR) is 78.4 cm³/mol. The number of nitrogen functional groups attached to an aromatic ring is 1. The third-order valence-corrected chi connectivity index (χ3v) is 3.04. The summed E-state index contributed by atoms with van der Waals surface area (Å²) in [6.45, 7) is 6.45. The zero-order valence-electron chi connectivity index (χ0n) is 11.9. The van der Waals surface area contributed by atoms with Crippen LogP contribution < -0.4 is 5.73 Å². The van der Waals surface area contributed by atoms with Gasteiger partial charge in [0.05, 0.1) is 5.69 Å². The number of aromatic nitrogens is 2. The van der Waals surface area contributed by atoms with E-state index >= 15 is 0 Å². The van der Waals surface area contributed by atoms with Gasteiger partial charge in [0.15, 0.2) is 0 Å². The molecule has 0 aliphatic carbocycles. The number of nitrogens with two attached hydrogens (primary N) is 1. The molecule has 3 N–H and O–H groups in total. The van der Waals surface area contributed by atoms with E-state index in [-0.39, 0.29) is 11.3 Å². The maximum atomic E-state index is 7.39. The van der Waals surface area contributed by atoms with Crippen molar-refractivity contribution in [2.75, 3.05) is 0 Å².